The number of hydrogen-bond donors (Lipinski definition) is 0. The number of fused-ring (bicyclic) bond motifs is 6. The van der Waals surface area contributed by atoms with Crippen molar-refractivity contribution >= 4 is 43.7 Å². The zero-order valence-electron chi connectivity index (χ0n) is 23.9. The highest BCUT2D eigenvalue weighted by molar-refractivity contribution is 6.13. The van der Waals surface area contributed by atoms with E-state index in [-0.39, 0.29) is 0 Å². The Hall–Kier alpha value is -5.86. The van der Waals surface area contributed by atoms with E-state index in [9.17, 15) is 0 Å². The Morgan fingerprint density at radius 3 is 1.32 bits per heavy atom. The smallest absolute Gasteiger partial charge is 0.143 e. The zero-order chi connectivity index (χ0) is 29.0. The number of nitrogens with zero attached hydrogens (tertiary/aromatic N) is 1. The Morgan fingerprint density at radius 1 is 0.318 bits per heavy atom. The van der Waals surface area contributed by atoms with Crippen molar-refractivity contribution in [3.05, 3.63) is 164 Å². The van der Waals surface area contributed by atoms with E-state index in [1.807, 2.05) is 6.07 Å². The zero-order valence-corrected chi connectivity index (χ0v) is 23.9. The average molecular weight is 562 g/mol. The molecule has 2 heteroatoms. The van der Waals surface area contributed by atoms with Crippen LogP contribution in [0.5, 0.6) is 0 Å². The predicted octanol–water partition coefficient (Wildman–Crippen LogP) is 11.7. The SMILES string of the molecule is c1ccc(-c2cccc3c2oc2c(-c4ccc(-c5ccc(-n6c7ccccc7c7ccccc76)cc5)cc4)cccc23)cc1. The van der Waals surface area contributed by atoms with Gasteiger partial charge < -0.3 is 8.98 Å². The number of furan rings is 1. The molecule has 0 unspecified atom stereocenters. The van der Waals surface area contributed by atoms with Gasteiger partial charge in [0.15, 0.2) is 0 Å². The van der Waals surface area contributed by atoms with Crippen molar-refractivity contribution in [2.24, 2.45) is 0 Å². The standard InChI is InChI=1S/C42H27NO/c1-2-10-30(11-3-1)33-14-8-16-37-38-17-9-15-34(42(38)44-41(33)37)31-22-20-28(21-23-31)29-24-26-32(27-25-29)43-39-18-6-4-12-35(39)36-13-5-7-19-40(36)43/h1-27H. The van der Waals surface area contributed by atoms with E-state index in [0.29, 0.717) is 0 Å². The van der Waals surface area contributed by atoms with E-state index in [0.717, 1.165) is 49.9 Å². The van der Waals surface area contributed by atoms with Gasteiger partial charge in [0.2, 0.25) is 0 Å². The lowest BCUT2D eigenvalue weighted by molar-refractivity contribution is 0.671. The minimum atomic E-state index is 0.925. The molecular weight excluding hydrogens is 534 g/mol. The molecule has 2 aromatic heterocycles. The highest BCUT2D eigenvalue weighted by Gasteiger charge is 2.16. The molecule has 0 aliphatic rings. The Morgan fingerprint density at radius 2 is 0.750 bits per heavy atom. The molecule has 0 aliphatic carbocycles. The molecule has 206 valence electrons. The molecule has 9 rings (SSSR count). The summed E-state index contributed by atoms with van der Waals surface area (Å²) >= 11 is 0. The maximum atomic E-state index is 6.65. The lowest BCUT2D eigenvalue weighted by Crippen LogP contribution is -1.93. The van der Waals surface area contributed by atoms with Gasteiger partial charge in [-0.2, -0.15) is 0 Å². The van der Waals surface area contributed by atoms with Gasteiger partial charge in [-0.1, -0.05) is 140 Å². The third-order valence-electron chi connectivity index (χ3n) is 8.84. The molecule has 0 atom stereocenters. The molecule has 2 heterocycles. The molecule has 0 spiro atoms. The fraction of sp³-hybridized carbons (Fsp3) is 0. The van der Waals surface area contributed by atoms with Gasteiger partial charge in [-0.3, -0.25) is 0 Å². The summed E-state index contributed by atoms with van der Waals surface area (Å²) in [6.07, 6.45) is 0. The number of para-hydroxylation sites is 4. The summed E-state index contributed by atoms with van der Waals surface area (Å²) in [5.41, 5.74) is 12.4. The van der Waals surface area contributed by atoms with Crippen LogP contribution in [0.3, 0.4) is 0 Å². The van der Waals surface area contributed by atoms with Crippen LogP contribution in [0.4, 0.5) is 0 Å². The van der Waals surface area contributed by atoms with E-state index in [4.69, 9.17) is 4.42 Å². The molecule has 0 radical (unpaired) electrons. The maximum Gasteiger partial charge on any atom is 0.143 e. The Bertz CT molecular complexity index is 2410. The summed E-state index contributed by atoms with van der Waals surface area (Å²) in [6, 6.07) is 58.3. The normalized spacial score (nSPS) is 11.6. The van der Waals surface area contributed by atoms with Gasteiger partial charge in [0.25, 0.3) is 0 Å². The summed E-state index contributed by atoms with van der Waals surface area (Å²) in [4.78, 5) is 0. The Labute approximate surface area is 255 Å². The van der Waals surface area contributed by atoms with Crippen molar-refractivity contribution < 1.29 is 4.42 Å². The van der Waals surface area contributed by atoms with E-state index in [2.05, 4.69) is 162 Å². The average Bonchev–Trinajstić information content (AvgIpc) is 3.65. The van der Waals surface area contributed by atoms with Crippen molar-refractivity contribution in [2.45, 2.75) is 0 Å². The van der Waals surface area contributed by atoms with Gasteiger partial charge in [0.1, 0.15) is 11.2 Å². The van der Waals surface area contributed by atoms with Gasteiger partial charge in [-0.25, -0.2) is 0 Å². The fourth-order valence-corrected chi connectivity index (χ4v) is 6.74. The molecule has 2 nitrogen and oxygen atoms in total. The van der Waals surface area contributed by atoms with Crippen LogP contribution in [-0.2, 0) is 0 Å². The second kappa shape index (κ2) is 9.86. The molecule has 0 bridgehead atoms. The molecule has 0 amide bonds. The first-order valence-electron chi connectivity index (χ1n) is 15.0. The van der Waals surface area contributed by atoms with E-state index in [1.165, 1.54) is 32.9 Å². The van der Waals surface area contributed by atoms with Gasteiger partial charge in [0, 0.05) is 38.4 Å². The molecular formula is C42H27NO. The lowest BCUT2D eigenvalue weighted by atomic mass is 9.98. The maximum absolute atomic E-state index is 6.65. The van der Waals surface area contributed by atoms with Gasteiger partial charge >= 0.3 is 0 Å². The molecule has 0 fully saturated rings. The molecule has 9 aromatic rings. The summed E-state index contributed by atoms with van der Waals surface area (Å²) in [6.45, 7) is 0. The van der Waals surface area contributed by atoms with Crippen molar-refractivity contribution in [2.75, 3.05) is 0 Å². The number of benzene rings is 7. The van der Waals surface area contributed by atoms with E-state index in [1.54, 1.807) is 0 Å². The molecule has 0 N–H and O–H groups in total. The largest absolute Gasteiger partial charge is 0.455 e. The first-order chi connectivity index (χ1) is 21.8. The summed E-state index contributed by atoms with van der Waals surface area (Å²) in [5, 5.41) is 4.83. The highest BCUT2D eigenvalue weighted by Crippen LogP contribution is 2.40. The molecule has 0 aliphatic heterocycles. The Kier molecular flexibility index (Phi) is 5.54. The Balaban J connectivity index is 1.08. The lowest BCUT2D eigenvalue weighted by Gasteiger charge is -2.10. The van der Waals surface area contributed by atoms with Crippen LogP contribution >= 0.6 is 0 Å². The quantitative estimate of drug-likeness (QED) is 0.209. The molecule has 7 aromatic carbocycles. The predicted molar refractivity (Wildman–Crippen MR) is 184 cm³/mol. The summed E-state index contributed by atoms with van der Waals surface area (Å²) < 4.78 is 9.00. The minimum Gasteiger partial charge on any atom is -0.455 e. The van der Waals surface area contributed by atoms with Crippen LogP contribution in [0.2, 0.25) is 0 Å². The van der Waals surface area contributed by atoms with E-state index >= 15 is 0 Å². The van der Waals surface area contributed by atoms with Crippen molar-refractivity contribution in [1.29, 1.82) is 0 Å². The van der Waals surface area contributed by atoms with Crippen LogP contribution in [0.15, 0.2) is 168 Å². The van der Waals surface area contributed by atoms with E-state index < -0.39 is 0 Å². The fourth-order valence-electron chi connectivity index (χ4n) is 6.74. The molecule has 44 heavy (non-hydrogen) atoms. The van der Waals surface area contributed by atoms with Gasteiger partial charge in [-0.15, -0.1) is 0 Å². The molecule has 0 saturated carbocycles. The number of rotatable bonds is 4. The van der Waals surface area contributed by atoms with Gasteiger partial charge in [0.05, 0.1) is 11.0 Å². The van der Waals surface area contributed by atoms with Crippen LogP contribution in [-0.4, -0.2) is 4.57 Å². The first kappa shape index (κ1) is 24.7. The van der Waals surface area contributed by atoms with Gasteiger partial charge in [-0.05, 0) is 46.5 Å². The van der Waals surface area contributed by atoms with Crippen LogP contribution < -0.4 is 0 Å². The monoisotopic (exact) mass is 561 g/mol. The summed E-state index contributed by atoms with van der Waals surface area (Å²) in [5.74, 6) is 0. The minimum absolute atomic E-state index is 0.925. The number of hydrogen-bond acceptors (Lipinski definition) is 1. The van der Waals surface area contributed by atoms with Crippen molar-refractivity contribution in [3.8, 4) is 39.1 Å². The number of aromatic nitrogens is 1. The van der Waals surface area contributed by atoms with Crippen LogP contribution in [0.1, 0.15) is 0 Å². The second-order valence-corrected chi connectivity index (χ2v) is 11.3. The highest BCUT2D eigenvalue weighted by atomic mass is 16.3. The third-order valence-corrected chi connectivity index (χ3v) is 8.84. The van der Waals surface area contributed by atoms with Crippen LogP contribution in [0.25, 0.3) is 82.8 Å². The summed E-state index contributed by atoms with van der Waals surface area (Å²) in [7, 11) is 0. The molecule has 0 saturated heterocycles. The second-order valence-electron chi connectivity index (χ2n) is 11.3. The first-order valence-corrected chi connectivity index (χ1v) is 15.0. The third kappa shape index (κ3) is 3.82. The van der Waals surface area contributed by atoms with Crippen LogP contribution in [0, 0.1) is 0 Å². The topological polar surface area (TPSA) is 18.1 Å². The van der Waals surface area contributed by atoms with Crippen molar-refractivity contribution in [1.82, 2.24) is 4.57 Å². The van der Waals surface area contributed by atoms with Crippen molar-refractivity contribution in [3.63, 3.8) is 0 Å².